The Morgan fingerprint density at radius 1 is 1.35 bits per heavy atom. The molecule has 0 fully saturated rings. The minimum absolute atomic E-state index is 0.0965. The van der Waals surface area contributed by atoms with Crippen LogP contribution in [0.25, 0.3) is 0 Å². The summed E-state index contributed by atoms with van der Waals surface area (Å²) in [5, 5.41) is 9.78. The molecule has 0 bridgehead atoms. The van der Waals surface area contributed by atoms with Crippen molar-refractivity contribution in [2.24, 2.45) is 5.41 Å². The molecule has 1 aromatic rings. The standard InChI is InChI=1S/C12H17FO3S/c1-12(2,3)11(14)8-17(15,16)10-6-4-5-9(13)7-10/h4-7,11,14H,8H2,1-3H3. The molecule has 3 nitrogen and oxygen atoms in total. The van der Waals surface area contributed by atoms with Crippen LogP contribution in [0.5, 0.6) is 0 Å². The molecule has 0 aliphatic rings. The Balaban J connectivity index is 2.98. The van der Waals surface area contributed by atoms with Crippen LogP contribution in [0.1, 0.15) is 20.8 Å². The van der Waals surface area contributed by atoms with Gasteiger partial charge < -0.3 is 5.11 Å². The predicted molar refractivity (Wildman–Crippen MR) is 63.9 cm³/mol. The van der Waals surface area contributed by atoms with Crippen molar-refractivity contribution in [3.8, 4) is 0 Å². The maximum absolute atomic E-state index is 12.9. The van der Waals surface area contributed by atoms with Crippen molar-refractivity contribution in [2.75, 3.05) is 5.75 Å². The molecular formula is C12H17FO3S. The van der Waals surface area contributed by atoms with E-state index >= 15 is 0 Å². The van der Waals surface area contributed by atoms with Gasteiger partial charge in [0.2, 0.25) is 0 Å². The molecule has 0 spiro atoms. The van der Waals surface area contributed by atoms with Gasteiger partial charge in [-0.25, -0.2) is 12.8 Å². The van der Waals surface area contributed by atoms with E-state index in [1.807, 2.05) is 0 Å². The van der Waals surface area contributed by atoms with Crippen LogP contribution < -0.4 is 0 Å². The number of sulfone groups is 1. The Labute approximate surface area is 101 Å². The zero-order valence-electron chi connectivity index (χ0n) is 10.1. The monoisotopic (exact) mass is 260 g/mol. The van der Waals surface area contributed by atoms with Gasteiger partial charge in [0.25, 0.3) is 0 Å². The van der Waals surface area contributed by atoms with Gasteiger partial charge in [0.05, 0.1) is 16.8 Å². The van der Waals surface area contributed by atoms with Crippen molar-refractivity contribution in [1.82, 2.24) is 0 Å². The smallest absolute Gasteiger partial charge is 0.181 e. The molecule has 0 aliphatic carbocycles. The van der Waals surface area contributed by atoms with Gasteiger partial charge in [-0.05, 0) is 23.6 Å². The quantitative estimate of drug-likeness (QED) is 0.904. The summed E-state index contributed by atoms with van der Waals surface area (Å²) in [5.74, 6) is -1.00. The lowest BCUT2D eigenvalue weighted by Crippen LogP contribution is -2.33. The van der Waals surface area contributed by atoms with Gasteiger partial charge >= 0.3 is 0 Å². The fourth-order valence-electron chi connectivity index (χ4n) is 1.21. The van der Waals surface area contributed by atoms with E-state index in [1.165, 1.54) is 18.2 Å². The lowest BCUT2D eigenvalue weighted by Gasteiger charge is -2.25. The number of aliphatic hydroxyl groups excluding tert-OH is 1. The molecule has 0 aromatic heterocycles. The summed E-state index contributed by atoms with van der Waals surface area (Å²) in [6.07, 6.45) is -0.990. The molecular weight excluding hydrogens is 243 g/mol. The molecule has 1 rings (SSSR count). The van der Waals surface area contributed by atoms with E-state index in [1.54, 1.807) is 20.8 Å². The molecule has 0 amide bonds. The number of benzene rings is 1. The predicted octanol–water partition coefficient (Wildman–Crippen LogP) is 2.01. The lowest BCUT2D eigenvalue weighted by atomic mass is 9.90. The van der Waals surface area contributed by atoms with Gasteiger partial charge in [0.1, 0.15) is 5.82 Å². The summed E-state index contributed by atoms with van der Waals surface area (Å²) in [6, 6.07) is 4.81. The van der Waals surface area contributed by atoms with Gasteiger partial charge in [-0.1, -0.05) is 26.8 Å². The maximum atomic E-state index is 12.9. The van der Waals surface area contributed by atoms with Crippen molar-refractivity contribution in [3.63, 3.8) is 0 Å². The summed E-state index contributed by atoms with van der Waals surface area (Å²) < 4.78 is 36.8. The highest BCUT2D eigenvalue weighted by Crippen LogP contribution is 2.23. The second-order valence-corrected chi connectivity index (χ2v) is 7.15. The molecule has 0 aliphatic heterocycles. The molecule has 1 atom stereocenters. The number of aliphatic hydroxyl groups is 1. The van der Waals surface area contributed by atoms with Gasteiger partial charge in [-0.3, -0.25) is 0 Å². The first-order valence-corrected chi connectivity index (χ1v) is 6.94. The first-order valence-electron chi connectivity index (χ1n) is 5.29. The van der Waals surface area contributed by atoms with Crippen molar-refractivity contribution < 1.29 is 17.9 Å². The summed E-state index contributed by atoms with van der Waals surface area (Å²) >= 11 is 0. The summed E-state index contributed by atoms with van der Waals surface area (Å²) in [5.41, 5.74) is -0.527. The van der Waals surface area contributed by atoms with Crippen LogP contribution in [-0.4, -0.2) is 25.4 Å². The van der Waals surface area contributed by atoms with Crippen LogP contribution in [0.2, 0.25) is 0 Å². The summed E-state index contributed by atoms with van der Waals surface area (Å²) in [6.45, 7) is 5.25. The van der Waals surface area contributed by atoms with Crippen LogP contribution in [-0.2, 0) is 9.84 Å². The molecule has 17 heavy (non-hydrogen) atoms. The van der Waals surface area contributed by atoms with E-state index in [4.69, 9.17) is 0 Å². The van der Waals surface area contributed by atoms with Crippen molar-refractivity contribution in [2.45, 2.75) is 31.8 Å². The SMILES string of the molecule is CC(C)(C)C(O)CS(=O)(=O)c1cccc(F)c1. The molecule has 5 heteroatoms. The molecule has 0 heterocycles. The Morgan fingerprint density at radius 2 is 1.94 bits per heavy atom. The van der Waals surface area contributed by atoms with E-state index in [9.17, 15) is 17.9 Å². The minimum atomic E-state index is -3.66. The second kappa shape index (κ2) is 4.74. The van der Waals surface area contributed by atoms with E-state index in [-0.39, 0.29) is 4.90 Å². The molecule has 96 valence electrons. The Morgan fingerprint density at radius 3 is 2.41 bits per heavy atom. The van der Waals surface area contributed by atoms with Crippen molar-refractivity contribution in [1.29, 1.82) is 0 Å². The normalized spacial score (nSPS) is 14.6. The van der Waals surface area contributed by atoms with Gasteiger partial charge in [-0.2, -0.15) is 0 Å². The number of rotatable bonds is 3. The van der Waals surface area contributed by atoms with Crippen molar-refractivity contribution in [3.05, 3.63) is 30.1 Å². The van der Waals surface area contributed by atoms with E-state index in [0.717, 1.165) is 6.07 Å². The number of hydrogen-bond acceptors (Lipinski definition) is 3. The molecule has 0 saturated carbocycles. The van der Waals surface area contributed by atoms with Crippen LogP contribution in [0.3, 0.4) is 0 Å². The summed E-state index contributed by atoms with van der Waals surface area (Å²) in [7, 11) is -3.66. The molecule has 1 N–H and O–H groups in total. The van der Waals surface area contributed by atoms with Gasteiger partial charge in [0, 0.05) is 0 Å². The Hall–Kier alpha value is -0.940. The summed E-state index contributed by atoms with van der Waals surface area (Å²) in [4.78, 5) is -0.0965. The first kappa shape index (κ1) is 14.1. The zero-order chi connectivity index (χ0) is 13.3. The number of hydrogen-bond donors (Lipinski definition) is 1. The zero-order valence-corrected chi connectivity index (χ0v) is 11.0. The average Bonchev–Trinajstić information content (AvgIpc) is 2.15. The lowest BCUT2D eigenvalue weighted by molar-refractivity contribution is 0.0826. The van der Waals surface area contributed by atoms with Crippen LogP contribution in [0.4, 0.5) is 4.39 Å². The third-order valence-electron chi connectivity index (χ3n) is 2.53. The van der Waals surface area contributed by atoms with E-state index < -0.39 is 32.9 Å². The fourth-order valence-corrected chi connectivity index (χ4v) is 2.90. The number of halogens is 1. The van der Waals surface area contributed by atoms with Gasteiger partial charge in [-0.15, -0.1) is 0 Å². The fraction of sp³-hybridized carbons (Fsp3) is 0.500. The van der Waals surface area contributed by atoms with Crippen molar-refractivity contribution >= 4 is 9.84 Å². The Kier molecular flexibility index (Phi) is 3.94. The Bertz CT molecular complexity index is 489. The average molecular weight is 260 g/mol. The largest absolute Gasteiger partial charge is 0.392 e. The van der Waals surface area contributed by atoms with Crippen LogP contribution >= 0.6 is 0 Å². The highest BCUT2D eigenvalue weighted by Gasteiger charge is 2.28. The molecule has 1 aromatic carbocycles. The topological polar surface area (TPSA) is 54.4 Å². The highest BCUT2D eigenvalue weighted by atomic mass is 32.2. The van der Waals surface area contributed by atoms with E-state index in [2.05, 4.69) is 0 Å². The minimum Gasteiger partial charge on any atom is -0.392 e. The second-order valence-electron chi connectivity index (χ2n) is 5.12. The molecule has 1 unspecified atom stereocenters. The third-order valence-corrected chi connectivity index (χ3v) is 4.26. The van der Waals surface area contributed by atoms with Crippen LogP contribution in [0.15, 0.2) is 29.2 Å². The highest BCUT2D eigenvalue weighted by molar-refractivity contribution is 7.91. The third kappa shape index (κ3) is 3.78. The van der Waals surface area contributed by atoms with E-state index in [0.29, 0.717) is 0 Å². The first-order chi connectivity index (χ1) is 7.63. The van der Waals surface area contributed by atoms with Crippen LogP contribution in [0, 0.1) is 11.2 Å². The molecule has 0 radical (unpaired) electrons. The molecule has 0 saturated heterocycles. The van der Waals surface area contributed by atoms with Gasteiger partial charge in [0.15, 0.2) is 9.84 Å². The maximum Gasteiger partial charge on any atom is 0.181 e.